The fraction of sp³-hybridized carbons (Fsp3) is 0.381. The van der Waals surface area contributed by atoms with Gasteiger partial charge in [0.25, 0.3) is 0 Å². The highest BCUT2D eigenvalue weighted by Gasteiger charge is 2.25. The zero-order chi connectivity index (χ0) is 17.7. The molecule has 0 spiro atoms. The number of phenols is 1. The largest absolute Gasteiger partial charge is 0.507 e. The number of rotatable bonds is 1. The maximum atomic E-state index is 10.1. The van der Waals surface area contributed by atoms with E-state index in [0.717, 1.165) is 16.7 Å². The number of phenolic OH excluding ortho intramolecular Hbond substituents is 1. The summed E-state index contributed by atoms with van der Waals surface area (Å²) in [6, 6.07) is 11.4. The molecule has 1 N–H and O–H groups in total. The summed E-state index contributed by atoms with van der Waals surface area (Å²) in [7, 11) is 0. The van der Waals surface area contributed by atoms with E-state index >= 15 is 0 Å². The Morgan fingerprint density at radius 2 is 1.58 bits per heavy atom. The Kier molecular flexibility index (Phi) is 3.71. The van der Waals surface area contributed by atoms with Gasteiger partial charge < -0.3 is 9.52 Å². The van der Waals surface area contributed by atoms with E-state index < -0.39 is 0 Å². The van der Waals surface area contributed by atoms with Crippen molar-refractivity contribution in [3.05, 3.63) is 47.5 Å². The van der Waals surface area contributed by atoms with Gasteiger partial charge in [0, 0.05) is 5.56 Å². The van der Waals surface area contributed by atoms with Crippen molar-refractivity contribution in [2.45, 2.75) is 52.4 Å². The lowest BCUT2D eigenvalue weighted by molar-refractivity contribution is 0.474. The zero-order valence-corrected chi connectivity index (χ0v) is 15.3. The van der Waals surface area contributed by atoms with Gasteiger partial charge in [-0.1, -0.05) is 59.7 Å². The first-order valence-corrected chi connectivity index (χ1v) is 8.31. The number of para-hydroxylation sites is 1. The number of benzene rings is 2. The maximum Gasteiger partial charge on any atom is 0.231 e. The average molecular weight is 323 g/mol. The summed E-state index contributed by atoms with van der Waals surface area (Å²) >= 11 is 0. The summed E-state index contributed by atoms with van der Waals surface area (Å²) in [6.45, 7) is 13.1. The third-order valence-corrected chi connectivity index (χ3v) is 4.30. The van der Waals surface area contributed by atoms with E-state index in [9.17, 15) is 5.11 Å². The second-order valence-electron chi connectivity index (χ2n) is 8.41. The minimum atomic E-state index is -0.0605. The normalized spacial score (nSPS) is 12.8. The lowest BCUT2D eigenvalue weighted by Crippen LogP contribution is -2.16. The molecular weight excluding hydrogens is 298 g/mol. The monoisotopic (exact) mass is 323 g/mol. The molecule has 0 aliphatic rings. The van der Waals surface area contributed by atoms with E-state index in [1.165, 1.54) is 5.56 Å². The van der Waals surface area contributed by atoms with Crippen molar-refractivity contribution in [1.29, 1.82) is 0 Å². The van der Waals surface area contributed by atoms with Gasteiger partial charge in [-0.3, -0.25) is 0 Å². The molecule has 0 fully saturated rings. The zero-order valence-electron chi connectivity index (χ0n) is 15.3. The predicted molar refractivity (Wildman–Crippen MR) is 98.5 cm³/mol. The van der Waals surface area contributed by atoms with Crippen LogP contribution in [0.15, 0.2) is 40.8 Å². The molecule has 0 radical (unpaired) electrons. The molecule has 24 heavy (non-hydrogen) atoms. The Morgan fingerprint density at radius 1 is 0.917 bits per heavy atom. The molecule has 0 aliphatic heterocycles. The van der Waals surface area contributed by atoms with E-state index in [1.54, 1.807) is 12.1 Å². The third-order valence-electron chi connectivity index (χ3n) is 4.30. The molecule has 0 unspecified atom stereocenters. The number of aromatic hydroxyl groups is 1. The molecule has 3 nitrogen and oxygen atoms in total. The van der Waals surface area contributed by atoms with Crippen LogP contribution in [0.1, 0.15) is 52.7 Å². The van der Waals surface area contributed by atoms with Crippen LogP contribution in [0.3, 0.4) is 0 Å². The average Bonchev–Trinajstić information content (AvgIpc) is 2.88. The van der Waals surface area contributed by atoms with Gasteiger partial charge in [0.05, 0.1) is 5.56 Å². The predicted octanol–water partition coefficient (Wildman–Crippen LogP) is 5.80. The number of aromatic nitrogens is 1. The molecular formula is C21H25NO2. The van der Waals surface area contributed by atoms with Crippen LogP contribution in [-0.2, 0) is 10.8 Å². The van der Waals surface area contributed by atoms with Gasteiger partial charge in [-0.05, 0) is 34.6 Å². The molecule has 0 bridgehead atoms. The molecule has 3 rings (SSSR count). The molecule has 1 aromatic heterocycles. The van der Waals surface area contributed by atoms with Gasteiger partial charge in [0.1, 0.15) is 11.3 Å². The number of fused-ring (bicyclic) bond motifs is 1. The standard InChI is InChI=1S/C21H25NO2/c1-20(2,3)13-11-15(21(4,5)6)18-16(12-13)22-19(24-18)14-9-7-8-10-17(14)23/h7-12,23H,1-6H3. The van der Waals surface area contributed by atoms with Crippen LogP contribution in [0.25, 0.3) is 22.6 Å². The van der Waals surface area contributed by atoms with Crippen molar-refractivity contribution in [1.82, 2.24) is 4.98 Å². The highest BCUT2D eigenvalue weighted by molar-refractivity contribution is 5.82. The topological polar surface area (TPSA) is 46.3 Å². The van der Waals surface area contributed by atoms with Gasteiger partial charge in [0.2, 0.25) is 5.89 Å². The van der Waals surface area contributed by atoms with Crippen molar-refractivity contribution in [3.8, 4) is 17.2 Å². The van der Waals surface area contributed by atoms with Crippen LogP contribution in [0, 0.1) is 0 Å². The van der Waals surface area contributed by atoms with Crippen molar-refractivity contribution in [2.24, 2.45) is 0 Å². The lowest BCUT2D eigenvalue weighted by atomic mass is 9.80. The molecule has 3 heteroatoms. The quantitative estimate of drug-likeness (QED) is 0.616. The summed E-state index contributed by atoms with van der Waals surface area (Å²) in [4.78, 5) is 4.67. The summed E-state index contributed by atoms with van der Waals surface area (Å²) in [5.74, 6) is 0.636. The molecule has 0 saturated heterocycles. The first-order valence-electron chi connectivity index (χ1n) is 8.31. The molecule has 126 valence electrons. The number of hydrogen-bond acceptors (Lipinski definition) is 3. The SMILES string of the molecule is CC(C)(C)c1cc(C(C)(C)C)c2oc(-c3ccccc3O)nc2c1. The van der Waals surface area contributed by atoms with Crippen LogP contribution in [0.5, 0.6) is 5.75 Å². The van der Waals surface area contributed by atoms with E-state index in [0.29, 0.717) is 11.5 Å². The molecule has 0 saturated carbocycles. The minimum Gasteiger partial charge on any atom is -0.507 e. The first kappa shape index (κ1) is 16.6. The molecule has 1 heterocycles. The van der Waals surface area contributed by atoms with E-state index in [-0.39, 0.29) is 16.6 Å². The molecule has 0 amide bonds. The fourth-order valence-corrected chi connectivity index (χ4v) is 2.79. The van der Waals surface area contributed by atoms with Crippen LogP contribution >= 0.6 is 0 Å². The maximum absolute atomic E-state index is 10.1. The highest BCUT2D eigenvalue weighted by atomic mass is 16.3. The van der Waals surface area contributed by atoms with Crippen LogP contribution < -0.4 is 0 Å². The Hall–Kier alpha value is -2.29. The molecule has 0 aliphatic carbocycles. The second-order valence-corrected chi connectivity index (χ2v) is 8.41. The summed E-state index contributed by atoms with van der Waals surface area (Å²) in [5, 5.41) is 10.1. The number of nitrogens with zero attached hydrogens (tertiary/aromatic N) is 1. The van der Waals surface area contributed by atoms with Gasteiger partial charge in [-0.2, -0.15) is 0 Å². The summed E-state index contributed by atoms with van der Waals surface area (Å²) < 4.78 is 6.09. The fourth-order valence-electron chi connectivity index (χ4n) is 2.79. The smallest absolute Gasteiger partial charge is 0.231 e. The molecule has 0 atom stereocenters. The summed E-state index contributed by atoms with van der Waals surface area (Å²) in [5.41, 5.74) is 4.60. The highest BCUT2D eigenvalue weighted by Crippen LogP contribution is 2.38. The van der Waals surface area contributed by atoms with Crippen LogP contribution in [0.4, 0.5) is 0 Å². The van der Waals surface area contributed by atoms with Crippen molar-refractivity contribution in [3.63, 3.8) is 0 Å². The van der Waals surface area contributed by atoms with Gasteiger partial charge >= 0.3 is 0 Å². The van der Waals surface area contributed by atoms with Crippen molar-refractivity contribution >= 4 is 11.1 Å². The van der Waals surface area contributed by atoms with Gasteiger partial charge in [-0.15, -0.1) is 0 Å². The Labute approximate surface area is 143 Å². The van der Waals surface area contributed by atoms with E-state index in [4.69, 9.17) is 4.42 Å². The van der Waals surface area contributed by atoms with Gasteiger partial charge in [0.15, 0.2) is 5.58 Å². The van der Waals surface area contributed by atoms with E-state index in [1.807, 2.05) is 12.1 Å². The van der Waals surface area contributed by atoms with Crippen LogP contribution in [0.2, 0.25) is 0 Å². The third kappa shape index (κ3) is 2.91. The Balaban J connectivity index is 2.31. The van der Waals surface area contributed by atoms with E-state index in [2.05, 4.69) is 58.7 Å². The first-order chi connectivity index (χ1) is 11.1. The van der Waals surface area contributed by atoms with Crippen LogP contribution in [-0.4, -0.2) is 10.1 Å². The Bertz CT molecular complexity index is 892. The van der Waals surface area contributed by atoms with Crippen molar-refractivity contribution in [2.75, 3.05) is 0 Å². The lowest BCUT2D eigenvalue weighted by Gasteiger charge is -2.24. The summed E-state index contributed by atoms with van der Waals surface area (Å²) in [6.07, 6.45) is 0. The molecule has 2 aromatic carbocycles. The van der Waals surface area contributed by atoms with Gasteiger partial charge in [-0.25, -0.2) is 4.98 Å². The minimum absolute atomic E-state index is 0.0299. The van der Waals surface area contributed by atoms with Crippen molar-refractivity contribution < 1.29 is 9.52 Å². The second kappa shape index (κ2) is 5.37. The molecule has 3 aromatic rings. The Morgan fingerprint density at radius 3 is 2.17 bits per heavy atom. The number of hydrogen-bond donors (Lipinski definition) is 1. The number of oxazole rings is 1.